The Hall–Kier alpha value is -6.84. The molecule has 2 aliphatic rings. The molecule has 0 saturated heterocycles. The second-order valence-electron chi connectivity index (χ2n) is 16.7. The fourth-order valence-electron chi connectivity index (χ4n) is 10.1. The van der Waals surface area contributed by atoms with Gasteiger partial charge in [-0.15, -0.1) is 0 Å². The highest BCUT2D eigenvalue weighted by molar-refractivity contribution is 6.26. The summed E-state index contributed by atoms with van der Waals surface area (Å²) in [6, 6.07) is 64.4. The van der Waals surface area contributed by atoms with Crippen molar-refractivity contribution in [3.05, 3.63) is 210 Å². The van der Waals surface area contributed by atoms with Crippen LogP contribution in [0.25, 0.3) is 66.0 Å². The maximum absolute atomic E-state index is 17.7. The first-order valence-corrected chi connectivity index (χ1v) is 20.7. The number of halogens is 1. The predicted molar refractivity (Wildman–Crippen MR) is 245 cm³/mol. The van der Waals surface area contributed by atoms with Crippen molar-refractivity contribution >= 4 is 43.7 Å². The number of fused-ring (bicyclic) bond motifs is 10. The van der Waals surface area contributed by atoms with Gasteiger partial charge in [0.25, 0.3) is 0 Å². The smallest absolute Gasteiger partial charge is 0.128 e. The summed E-state index contributed by atoms with van der Waals surface area (Å²) < 4.78 is 17.7. The molecule has 0 amide bonds. The quantitative estimate of drug-likeness (QED) is 0.131. The molecule has 1 aliphatic heterocycles. The van der Waals surface area contributed by atoms with E-state index in [1.54, 1.807) is 0 Å². The number of aromatic nitrogens is 1. The SMILES string of the molecule is CC1(C)/C2=C/CN(c3ccc(-c4cc(-c5ccccc5)cc(-c5ccccc5)n4)cc3)c3cc4c5ccccc5c5ccccc5c4cc3C(F)CC2c2ccccc21. The van der Waals surface area contributed by atoms with Crippen LogP contribution in [-0.2, 0) is 5.41 Å². The second-order valence-corrected chi connectivity index (χ2v) is 16.7. The molecule has 9 aromatic rings. The molecule has 8 aromatic carbocycles. The van der Waals surface area contributed by atoms with Crippen molar-refractivity contribution in [1.82, 2.24) is 4.98 Å². The van der Waals surface area contributed by atoms with E-state index < -0.39 is 6.17 Å². The van der Waals surface area contributed by atoms with E-state index in [9.17, 15) is 0 Å². The molecule has 2 heterocycles. The highest BCUT2D eigenvalue weighted by Gasteiger charge is 2.43. The van der Waals surface area contributed by atoms with Gasteiger partial charge in [-0.1, -0.05) is 171 Å². The van der Waals surface area contributed by atoms with E-state index in [0.29, 0.717) is 13.0 Å². The third-order valence-electron chi connectivity index (χ3n) is 13.0. The van der Waals surface area contributed by atoms with E-state index in [1.807, 2.05) is 6.07 Å². The number of benzene rings is 8. The van der Waals surface area contributed by atoms with Gasteiger partial charge in [-0.05, 0) is 97.4 Å². The Labute approximate surface area is 344 Å². The monoisotopic (exact) mass is 762 g/mol. The zero-order valence-electron chi connectivity index (χ0n) is 33.2. The van der Waals surface area contributed by atoms with Crippen molar-refractivity contribution in [2.45, 2.75) is 37.8 Å². The van der Waals surface area contributed by atoms with Crippen molar-refractivity contribution in [2.24, 2.45) is 0 Å². The maximum Gasteiger partial charge on any atom is 0.128 e. The minimum atomic E-state index is -1.18. The first-order chi connectivity index (χ1) is 28.9. The lowest BCUT2D eigenvalue weighted by atomic mass is 9.79. The molecule has 1 aromatic heterocycles. The first kappa shape index (κ1) is 35.3. The number of allylic oxidation sites excluding steroid dienone is 1. The zero-order valence-corrected chi connectivity index (χ0v) is 33.2. The second kappa shape index (κ2) is 13.9. The molecule has 0 saturated carbocycles. The molecule has 284 valence electrons. The molecule has 0 radical (unpaired) electrons. The average molecular weight is 763 g/mol. The van der Waals surface area contributed by atoms with Crippen molar-refractivity contribution in [3.8, 4) is 33.6 Å². The van der Waals surface area contributed by atoms with Crippen LogP contribution in [0.5, 0.6) is 0 Å². The summed E-state index contributed by atoms with van der Waals surface area (Å²) in [6.45, 7) is 5.23. The Bertz CT molecular complexity index is 3040. The van der Waals surface area contributed by atoms with Crippen LogP contribution in [0, 0.1) is 0 Å². The van der Waals surface area contributed by atoms with Gasteiger partial charge >= 0.3 is 0 Å². The largest absolute Gasteiger partial charge is 0.337 e. The fourth-order valence-corrected chi connectivity index (χ4v) is 10.1. The number of anilines is 2. The summed E-state index contributed by atoms with van der Waals surface area (Å²) in [7, 11) is 0. The van der Waals surface area contributed by atoms with Crippen LogP contribution < -0.4 is 4.90 Å². The van der Waals surface area contributed by atoms with E-state index in [4.69, 9.17) is 4.98 Å². The molecule has 2 nitrogen and oxygen atoms in total. The molecular formula is C56H43FN2. The summed E-state index contributed by atoms with van der Waals surface area (Å²) in [5.74, 6) is -0.00260. The lowest BCUT2D eigenvalue weighted by Crippen LogP contribution is -2.21. The molecule has 11 rings (SSSR count). The summed E-state index contributed by atoms with van der Waals surface area (Å²) in [5.41, 5.74) is 12.5. The van der Waals surface area contributed by atoms with Gasteiger partial charge in [0, 0.05) is 45.9 Å². The van der Waals surface area contributed by atoms with Crippen LogP contribution in [0.1, 0.15) is 49.0 Å². The van der Waals surface area contributed by atoms with E-state index in [2.05, 4.69) is 201 Å². The van der Waals surface area contributed by atoms with Gasteiger partial charge < -0.3 is 4.90 Å². The van der Waals surface area contributed by atoms with Crippen LogP contribution in [0.2, 0.25) is 0 Å². The van der Waals surface area contributed by atoms with Gasteiger partial charge in [-0.3, -0.25) is 0 Å². The Kier molecular flexibility index (Phi) is 8.34. The van der Waals surface area contributed by atoms with Crippen molar-refractivity contribution < 1.29 is 4.39 Å². The minimum Gasteiger partial charge on any atom is -0.337 e. The molecule has 59 heavy (non-hydrogen) atoms. The number of hydrogen-bond donors (Lipinski definition) is 0. The number of pyridine rings is 1. The summed E-state index contributed by atoms with van der Waals surface area (Å²) in [4.78, 5) is 7.55. The van der Waals surface area contributed by atoms with Crippen LogP contribution in [0.3, 0.4) is 0 Å². The van der Waals surface area contributed by atoms with Gasteiger partial charge in [0.2, 0.25) is 0 Å². The molecular weight excluding hydrogens is 720 g/mol. The molecule has 0 N–H and O–H groups in total. The summed E-state index contributed by atoms with van der Waals surface area (Å²) >= 11 is 0. The third kappa shape index (κ3) is 5.87. The molecule has 2 atom stereocenters. The van der Waals surface area contributed by atoms with Crippen LogP contribution in [0.4, 0.5) is 15.8 Å². The maximum atomic E-state index is 17.7. The number of rotatable bonds is 4. The van der Waals surface area contributed by atoms with E-state index >= 15 is 4.39 Å². The first-order valence-electron chi connectivity index (χ1n) is 20.7. The Morgan fingerprint density at radius 2 is 1.03 bits per heavy atom. The molecule has 3 heteroatoms. The highest BCUT2D eigenvalue weighted by atomic mass is 19.1. The lowest BCUT2D eigenvalue weighted by Gasteiger charge is -2.29. The van der Waals surface area contributed by atoms with Gasteiger partial charge in [0.05, 0.1) is 11.4 Å². The topological polar surface area (TPSA) is 16.1 Å². The number of nitrogens with zero attached hydrogens (tertiary/aromatic N) is 2. The lowest BCUT2D eigenvalue weighted by molar-refractivity contribution is 0.311. The highest BCUT2D eigenvalue weighted by Crippen LogP contribution is 2.55. The molecule has 0 spiro atoms. The Morgan fingerprint density at radius 3 is 1.68 bits per heavy atom. The normalized spacial score (nSPS) is 18.0. The van der Waals surface area contributed by atoms with Gasteiger partial charge in [-0.25, -0.2) is 9.37 Å². The Morgan fingerprint density at radius 1 is 0.508 bits per heavy atom. The van der Waals surface area contributed by atoms with E-state index in [1.165, 1.54) is 32.9 Å². The van der Waals surface area contributed by atoms with Crippen molar-refractivity contribution in [1.29, 1.82) is 0 Å². The summed E-state index contributed by atoms with van der Waals surface area (Å²) in [5, 5.41) is 6.96. The minimum absolute atomic E-state index is 0.00260. The van der Waals surface area contributed by atoms with Crippen molar-refractivity contribution in [2.75, 3.05) is 11.4 Å². The number of alkyl halides is 1. The molecule has 1 aliphatic carbocycles. The molecule has 0 bridgehead atoms. The van der Waals surface area contributed by atoms with E-state index in [0.717, 1.165) is 66.7 Å². The zero-order chi connectivity index (χ0) is 39.7. The molecule has 0 fully saturated rings. The van der Waals surface area contributed by atoms with Gasteiger partial charge in [0.15, 0.2) is 0 Å². The third-order valence-corrected chi connectivity index (χ3v) is 13.0. The Balaban J connectivity index is 1.10. The van der Waals surface area contributed by atoms with Gasteiger partial charge in [0.1, 0.15) is 6.17 Å². The fraction of sp³-hybridized carbons (Fsp3) is 0.125. The standard InChI is InChI=1S/C56H43FN2/c1-56(2)50-24-14-13-23-45(50)48-34-52(57)49-33-46-43-21-11-9-19-41(43)42-20-10-12-22-44(42)47(46)35-55(49)59(30-29-51(48)56)40-27-25-38(26-28-40)54-32-39(36-15-5-3-6-16-36)31-53(58-54)37-17-7-4-8-18-37/h3-29,31-33,35,48,52H,30,34H2,1-2H3/b51-29+. The van der Waals surface area contributed by atoms with Gasteiger partial charge in [-0.2, -0.15) is 0 Å². The van der Waals surface area contributed by atoms with Crippen molar-refractivity contribution in [3.63, 3.8) is 0 Å². The van der Waals surface area contributed by atoms with Crippen LogP contribution >= 0.6 is 0 Å². The van der Waals surface area contributed by atoms with Crippen LogP contribution in [0.15, 0.2) is 194 Å². The van der Waals surface area contributed by atoms with E-state index in [-0.39, 0.29) is 11.3 Å². The predicted octanol–water partition coefficient (Wildman–Crippen LogP) is 15.1. The van der Waals surface area contributed by atoms with Crippen LogP contribution in [-0.4, -0.2) is 11.5 Å². The number of hydrogen-bond acceptors (Lipinski definition) is 2. The molecule has 2 unspecified atom stereocenters. The average Bonchev–Trinajstić information content (AvgIpc) is 3.53. The summed E-state index contributed by atoms with van der Waals surface area (Å²) in [6.07, 6.45) is 1.62.